The second-order valence-electron chi connectivity index (χ2n) is 5.63. The number of hydrogen-bond acceptors (Lipinski definition) is 7. The second kappa shape index (κ2) is 10.5. The van der Waals surface area contributed by atoms with Gasteiger partial charge in [0.1, 0.15) is 5.75 Å². The fourth-order valence-electron chi connectivity index (χ4n) is 2.44. The molecule has 0 aliphatic rings. The van der Waals surface area contributed by atoms with E-state index in [0.29, 0.717) is 34.1 Å². The number of rotatable bonds is 9. The SMILES string of the molecule is COc1ccc(C(=O)NCC(=O)N/N=C/c2ccc(OC)c(OC)c2OC)cc1. The van der Waals surface area contributed by atoms with Crippen LogP contribution in [-0.2, 0) is 4.79 Å². The van der Waals surface area contributed by atoms with Crippen LogP contribution in [-0.4, -0.2) is 53.0 Å². The second-order valence-corrected chi connectivity index (χ2v) is 5.63. The Balaban J connectivity index is 1.93. The van der Waals surface area contributed by atoms with Crippen molar-refractivity contribution >= 4 is 18.0 Å². The molecule has 0 unspecified atom stereocenters. The van der Waals surface area contributed by atoms with Crippen molar-refractivity contribution in [3.63, 3.8) is 0 Å². The van der Waals surface area contributed by atoms with Gasteiger partial charge in [-0.2, -0.15) is 5.10 Å². The Kier molecular flexibility index (Phi) is 7.84. The zero-order chi connectivity index (χ0) is 21.2. The van der Waals surface area contributed by atoms with Gasteiger partial charge in [0.2, 0.25) is 5.75 Å². The van der Waals surface area contributed by atoms with E-state index in [0.717, 1.165) is 0 Å². The van der Waals surface area contributed by atoms with Crippen LogP contribution in [0, 0.1) is 0 Å². The van der Waals surface area contributed by atoms with E-state index in [2.05, 4.69) is 15.8 Å². The minimum Gasteiger partial charge on any atom is -0.497 e. The number of ether oxygens (including phenoxy) is 4. The summed E-state index contributed by atoms with van der Waals surface area (Å²) in [6.07, 6.45) is 1.41. The lowest BCUT2D eigenvalue weighted by Gasteiger charge is -2.13. The molecule has 2 aromatic rings. The average Bonchev–Trinajstić information content (AvgIpc) is 2.76. The van der Waals surface area contributed by atoms with Crippen LogP contribution < -0.4 is 29.7 Å². The Labute approximate surface area is 168 Å². The smallest absolute Gasteiger partial charge is 0.259 e. The molecular formula is C20H23N3O6. The highest BCUT2D eigenvalue weighted by Crippen LogP contribution is 2.38. The maximum atomic E-state index is 12.0. The Morgan fingerprint density at radius 3 is 2.17 bits per heavy atom. The van der Waals surface area contributed by atoms with Crippen LogP contribution in [0.1, 0.15) is 15.9 Å². The van der Waals surface area contributed by atoms with Crippen molar-refractivity contribution in [2.24, 2.45) is 5.10 Å². The maximum Gasteiger partial charge on any atom is 0.259 e. The zero-order valence-electron chi connectivity index (χ0n) is 16.6. The Hall–Kier alpha value is -3.75. The van der Waals surface area contributed by atoms with Gasteiger partial charge in [0.05, 0.1) is 41.2 Å². The van der Waals surface area contributed by atoms with E-state index in [4.69, 9.17) is 18.9 Å². The lowest BCUT2D eigenvalue weighted by molar-refractivity contribution is -0.120. The van der Waals surface area contributed by atoms with E-state index in [1.807, 2.05) is 0 Å². The van der Waals surface area contributed by atoms with E-state index in [9.17, 15) is 9.59 Å². The van der Waals surface area contributed by atoms with Crippen LogP contribution in [0.25, 0.3) is 0 Å². The first-order valence-corrected chi connectivity index (χ1v) is 8.57. The minimum absolute atomic E-state index is 0.231. The van der Waals surface area contributed by atoms with Crippen molar-refractivity contribution in [2.45, 2.75) is 0 Å². The van der Waals surface area contributed by atoms with Gasteiger partial charge >= 0.3 is 0 Å². The molecule has 0 atom stereocenters. The molecule has 2 rings (SSSR count). The van der Waals surface area contributed by atoms with Gasteiger partial charge in [0, 0.05) is 11.1 Å². The van der Waals surface area contributed by atoms with Crippen molar-refractivity contribution < 1.29 is 28.5 Å². The molecule has 0 radical (unpaired) electrons. The predicted molar refractivity (Wildman–Crippen MR) is 107 cm³/mol. The van der Waals surface area contributed by atoms with Crippen LogP contribution in [0.2, 0.25) is 0 Å². The molecule has 0 heterocycles. The number of nitrogens with zero attached hydrogens (tertiary/aromatic N) is 1. The number of methoxy groups -OCH3 is 4. The molecule has 0 aliphatic heterocycles. The predicted octanol–water partition coefficient (Wildman–Crippen LogP) is 1.60. The van der Waals surface area contributed by atoms with Gasteiger partial charge in [-0.15, -0.1) is 0 Å². The molecule has 0 spiro atoms. The summed E-state index contributed by atoms with van der Waals surface area (Å²) < 4.78 is 20.9. The summed E-state index contributed by atoms with van der Waals surface area (Å²) in [5.74, 6) is 1.11. The molecule has 2 N–H and O–H groups in total. The highest BCUT2D eigenvalue weighted by atomic mass is 16.5. The Bertz CT molecular complexity index is 881. The third-order valence-electron chi connectivity index (χ3n) is 3.89. The molecule has 0 aromatic heterocycles. The van der Waals surface area contributed by atoms with Crippen molar-refractivity contribution in [1.82, 2.24) is 10.7 Å². The summed E-state index contributed by atoms with van der Waals surface area (Å²) in [5, 5.41) is 6.40. The monoisotopic (exact) mass is 401 g/mol. The van der Waals surface area contributed by atoms with Gasteiger partial charge < -0.3 is 24.3 Å². The number of amides is 2. The summed E-state index contributed by atoms with van der Waals surface area (Å²) in [6.45, 7) is -0.231. The van der Waals surface area contributed by atoms with Gasteiger partial charge in [-0.25, -0.2) is 5.43 Å². The van der Waals surface area contributed by atoms with Gasteiger partial charge in [-0.05, 0) is 36.4 Å². The number of carbonyl (C=O) groups is 2. The van der Waals surface area contributed by atoms with E-state index >= 15 is 0 Å². The van der Waals surface area contributed by atoms with Crippen LogP contribution in [0.15, 0.2) is 41.5 Å². The molecule has 29 heavy (non-hydrogen) atoms. The number of hydrazone groups is 1. The Morgan fingerprint density at radius 1 is 0.897 bits per heavy atom. The zero-order valence-corrected chi connectivity index (χ0v) is 16.6. The molecule has 9 nitrogen and oxygen atoms in total. The van der Waals surface area contributed by atoms with Crippen molar-refractivity contribution in [3.05, 3.63) is 47.5 Å². The first-order valence-electron chi connectivity index (χ1n) is 8.57. The molecule has 0 saturated heterocycles. The van der Waals surface area contributed by atoms with E-state index < -0.39 is 5.91 Å². The van der Waals surface area contributed by atoms with Gasteiger partial charge in [0.25, 0.3) is 11.8 Å². The highest BCUT2D eigenvalue weighted by Gasteiger charge is 2.14. The third kappa shape index (κ3) is 5.61. The summed E-state index contributed by atoms with van der Waals surface area (Å²) >= 11 is 0. The standard InChI is InChI=1S/C20H23N3O6/c1-26-15-8-5-13(6-9-15)20(25)21-12-17(24)23-22-11-14-7-10-16(27-2)19(29-4)18(14)28-3/h5-11H,12H2,1-4H3,(H,21,25)(H,23,24)/b22-11+. The lowest BCUT2D eigenvalue weighted by atomic mass is 10.2. The van der Waals surface area contributed by atoms with Crippen molar-refractivity contribution in [3.8, 4) is 23.0 Å². The molecule has 0 aliphatic carbocycles. The topological polar surface area (TPSA) is 107 Å². The van der Waals surface area contributed by atoms with Crippen molar-refractivity contribution in [1.29, 1.82) is 0 Å². The number of nitrogens with one attached hydrogen (secondary N) is 2. The van der Waals surface area contributed by atoms with Crippen LogP contribution in [0.5, 0.6) is 23.0 Å². The fraction of sp³-hybridized carbons (Fsp3) is 0.250. The Morgan fingerprint density at radius 2 is 1.59 bits per heavy atom. The molecular weight excluding hydrogens is 378 g/mol. The summed E-state index contributed by atoms with van der Waals surface area (Å²) in [5.41, 5.74) is 3.33. The van der Waals surface area contributed by atoms with E-state index in [1.54, 1.807) is 36.4 Å². The number of benzene rings is 2. The quantitative estimate of drug-likeness (QED) is 0.488. The van der Waals surface area contributed by atoms with Gasteiger partial charge in [-0.3, -0.25) is 9.59 Å². The van der Waals surface area contributed by atoms with Gasteiger partial charge in [-0.1, -0.05) is 0 Å². The van der Waals surface area contributed by atoms with Gasteiger partial charge in [0.15, 0.2) is 11.5 Å². The molecule has 9 heteroatoms. The minimum atomic E-state index is -0.484. The number of carbonyl (C=O) groups excluding carboxylic acids is 2. The first kappa shape index (κ1) is 21.5. The lowest BCUT2D eigenvalue weighted by Crippen LogP contribution is -2.34. The molecule has 154 valence electrons. The molecule has 2 amide bonds. The fourth-order valence-corrected chi connectivity index (χ4v) is 2.44. The van der Waals surface area contributed by atoms with Crippen molar-refractivity contribution in [2.75, 3.05) is 35.0 Å². The summed E-state index contributed by atoms with van der Waals surface area (Å²) in [7, 11) is 6.04. The van der Waals surface area contributed by atoms with E-state index in [-0.39, 0.29) is 12.5 Å². The highest BCUT2D eigenvalue weighted by molar-refractivity contribution is 5.96. The largest absolute Gasteiger partial charge is 0.497 e. The molecule has 0 bridgehead atoms. The number of hydrogen-bond donors (Lipinski definition) is 2. The van der Waals surface area contributed by atoms with E-state index in [1.165, 1.54) is 34.7 Å². The third-order valence-corrected chi connectivity index (χ3v) is 3.89. The molecule has 0 saturated carbocycles. The van der Waals surface area contributed by atoms with Crippen LogP contribution in [0.3, 0.4) is 0 Å². The molecule has 0 fully saturated rings. The normalized spacial score (nSPS) is 10.3. The maximum absolute atomic E-state index is 12.0. The van der Waals surface area contributed by atoms with Crippen LogP contribution in [0.4, 0.5) is 0 Å². The first-order chi connectivity index (χ1) is 14.0. The molecule has 2 aromatic carbocycles. The van der Waals surface area contributed by atoms with Crippen LogP contribution >= 0.6 is 0 Å². The average molecular weight is 401 g/mol. The summed E-state index contributed by atoms with van der Waals surface area (Å²) in [6, 6.07) is 9.94. The summed E-state index contributed by atoms with van der Waals surface area (Å²) in [4.78, 5) is 24.0.